The minimum atomic E-state index is 1.08. The highest BCUT2D eigenvalue weighted by molar-refractivity contribution is 5.41. The molecule has 1 rings (SSSR count). The Balaban J connectivity index is 1.94. The number of unbranched alkanes of at least 4 members (excludes halogenated alkanes) is 13. The van der Waals surface area contributed by atoms with E-state index in [9.17, 15) is 0 Å². The maximum atomic E-state index is 2.39. The van der Waals surface area contributed by atoms with Crippen molar-refractivity contribution in [1.82, 2.24) is 4.48 Å². The molecule has 0 aliphatic heterocycles. The molecule has 0 fully saturated rings. The van der Waals surface area contributed by atoms with E-state index in [1.165, 1.54) is 109 Å². The van der Waals surface area contributed by atoms with Gasteiger partial charge in [-0.05, 0) is 31.9 Å². The van der Waals surface area contributed by atoms with Crippen molar-refractivity contribution in [3.8, 4) is 0 Å². The number of hydrogen-bond donors (Lipinski definition) is 0. The molecule has 1 nitrogen and oxygen atoms in total. The van der Waals surface area contributed by atoms with Crippen LogP contribution in [0.2, 0.25) is 0 Å². The standard InChI is InChI=1S/C25H46N/c1-4-6-7-8-9-10-11-12-13-14-15-16-17-21-24-26(3,5-2)25-22-19-18-20-23-25/h18-20,22-23H,4-17,21,24H2,1-3H3/q+1. The van der Waals surface area contributed by atoms with Crippen LogP contribution < -0.4 is 4.48 Å². The highest BCUT2D eigenvalue weighted by atomic mass is 15.3. The van der Waals surface area contributed by atoms with Crippen LogP contribution in [0.5, 0.6) is 0 Å². The molecule has 1 atom stereocenters. The molecule has 0 amide bonds. The van der Waals surface area contributed by atoms with E-state index in [2.05, 4.69) is 51.2 Å². The molecule has 0 radical (unpaired) electrons. The summed E-state index contributed by atoms with van der Waals surface area (Å²) in [5, 5.41) is 0. The highest BCUT2D eigenvalue weighted by Gasteiger charge is 2.21. The zero-order chi connectivity index (χ0) is 18.9. The highest BCUT2D eigenvalue weighted by Crippen LogP contribution is 2.21. The van der Waals surface area contributed by atoms with Crippen LogP contribution >= 0.6 is 0 Å². The summed E-state index contributed by atoms with van der Waals surface area (Å²) < 4.78 is 1.08. The van der Waals surface area contributed by atoms with Crippen molar-refractivity contribution in [2.24, 2.45) is 0 Å². The quantitative estimate of drug-likeness (QED) is 0.194. The molecule has 0 saturated heterocycles. The average Bonchev–Trinajstić information content (AvgIpc) is 2.68. The van der Waals surface area contributed by atoms with Crippen molar-refractivity contribution in [3.63, 3.8) is 0 Å². The molecular weight excluding hydrogens is 314 g/mol. The lowest BCUT2D eigenvalue weighted by atomic mass is 10.0. The first-order chi connectivity index (χ1) is 12.7. The van der Waals surface area contributed by atoms with Gasteiger partial charge in [-0.1, -0.05) is 102 Å². The lowest BCUT2D eigenvalue weighted by Crippen LogP contribution is -2.45. The summed E-state index contributed by atoms with van der Waals surface area (Å²) in [6.45, 7) is 7.07. The zero-order valence-electron chi connectivity index (χ0n) is 18.1. The summed E-state index contributed by atoms with van der Waals surface area (Å²) in [7, 11) is 2.39. The molecule has 26 heavy (non-hydrogen) atoms. The lowest BCUT2D eigenvalue weighted by molar-refractivity contribution is 0.334. The fraction of sp³-hybridized carbons (Fsp3) is 0.760. The fourth-order valence-corrected chi connectivity index (χ4v) is 3.91. The second-order valence-corrected chi connectivity index (χ2v) is 8.37. The number of rotatable bonds is 17. The number of nitrogens with zero attached hydrogens (tertiary/aromatic N) is 1. The Bertz CT molecular complexity index is 413. The van der Waals surface area contributed by atoms with Crippen LogP contribution in [0.25, 0.3) is 0 Å². The number of hydrogen-bond acceptors (Lipinski definition) is 0. The Hall–Kier alpha value is -0.820. The molecule has 0 bridgehead atoms. The van der Waals surface area contributed by atoms with E-state index in [0.29, 0.717) is 0 Å². The number of quaternary nitrogens is 1. The molecule has 0 heterocycles. The van der Waals surface area contributed by atoms with Gasteiger partial charge in [-0.15, -0.1) is 0 Å². The zero-order valence-corrected chi connectivity index (χ0v) is 18.1. The largest absolute Gasteiger partial charge is 0.294 e. The Morgan fingerprint density at radius 1 is 0.577 bits per heavy atom. The maximum absolute atomic E-state index is 2.39. The van der Waals surface area contributed by atoms with E-state index in [1.54, 1.807) is 0 Å². The van der Waals surface area contributed by atoms with Gasteiger partial charge in [0.15, 0.2) is 0 Å². The number of para-hydroxylation sites is 1. The van der Waals surface area contributed by atoms with Crippen LogP contribution in [0.1, 0.15) is 104 Å². The van der Waals surface area contributed by atoms with Crippen molar-refractivity contribution in [3.05, 3.63) is 30.3 Å². The first kappa shape index (κ1) is 23.2. The van der Waals surface area contributed by atoms with Gasteiger partial charge in [-0.25, -0.2) is 0 Å². The molecule has 150 valence electrons. The second-order valence-electron chi connectivity index (χ2n) is 8.37. The predicted molar refractivity (Wildman–Crippen MR) is 120 cm³/mol. The molecule has 1 aromatic carbocycles. The minimum Gasteiger partial charge on any atom is -0.294 e. The third-order valence-electron chi connectivity index (χ3n) is 6.08. The van der Waals surface area contributed by atoms with Crippen LogP contribution in [0.3, 0.4) is 0 Å². The van der Waals surface area contributed by atoms with Crippen molar-refractivity contribution < 1.29 is 0 Å². The van der Waals surface area contributed by atoms with E-state index >= 15 is 0 Å². The molecule has 0 spiro atoms. The molecule has 1 heteroatoms. The summed E-state index contributed by atoms with van der Waals surface area (Å²) in [5.41, 5.74) is 1.46. The lowest BCUT2D eigenvalue weighted by Gasteiger charge is -2.33. The predicted octanol–water partition coefficient (Wildman–Crippen LogP) is 8.12. The first-order valence-electron chi connectivity index (χ1n) is 11.6. The van der Waals surface area contributed by atoms with Crippen LogP contribution in [0, 0.1) is 0 Å². The van der Waals surface area contributed by atoms with Gasteiger partial charge in [0.1, 0.15) is 5.69 Å². The molecule has 0 aliphatic carbocycles. The normalized spacial score (nSPS) is 13.7. The molecular formula is C25H46N+. The van der Waals surface area contributed by atoms with E-state index in [0.717, 1.165) is 4.48 Å². The Labute approximate surface area is 164 Å². The van der Waals surface area contributed by atoms with E-state index in [1.807, 2.05) is 0 Å². The van der Waals surface area contributed by atoms with E-state index in [4.69, 9.17) is 0 Å². The Kier molecular flexibility index (Phi) is 13.6. The van der Waals surface area contributed by atoms with Crippen LogP contribution in [-0.2, 0) is 0 Å². The van der Waals surface area contributed by atoms with Crippen molar-refractivity contribution in [1.29, 1.82) is 0 Å². The van der Waals surface area contributed by atoms with E-state index in [-0.39, 0.29) is 0 Å². The topological polar surface area (TPSA) is 0 Å². The summed E-state index contributed by atoms with van der Waals surface area (Å²) in [5.74, 6) is 0. The summed E-state index contributed by atoms with van der Waals surface area (Å²) in [6.07, 6.45) is 20.1. The molecule has 0 aromatic heterocycles. The summed E-state index contributed by atoms with van der Waals surface area (Å²) >= 11 is 0. The molecule has 0 saturated carbocycles. The molecule has 0 N–H and O–H groups in total. The van der Waals surface area contributed by atoms with E-state index < -0.39 is 0 Å². The van der Waals surface area contributed by atoms with Gasteiger partial charge in [0.25, 0.3) is 0 Å². The van der Waals surface area contributed by atoms with Gasteiger partial charge in [-0.3, -0.25) is 4.48 Å². The van der Waals surface area contributed by atoms with Gasteiger partial charge in [0.05, 0.1) is 20.1 Å². The van der Waals surface area contributed by atoms with Crippen LogP contribution in [-0.4, -0.2) is 20.1 Å². The third kappa shape index (κ3) is 10.4. The van der Waals surface area contributed by atoms with Crippen LogP contribution in [0.15, 0.2) is 30.3 Å². The van der Waals surface area contributed by atoms with Crippen LogP contribution in [0.4, 0.5) is 5.69 Å². The van der Waals surface area contributed by atoms with Gasteiger partial charge in [0, 0.05) is 0 Å². The second kappa shape index (κ2) is 15.3. The fourth-order valence-electron chi connectivity index (χ4n) is 3.91. The van der Waals surface area contributed by atoms with Gasteiger partial charge >= 0.3 is 0 Å². The SMILES string of the molecule is CCCCCCCCCCCCCCCC[N+](C)(CC)c1ccccc1. The number of benzene rings is 1. The van der Waals surface area contributed by atoms with Gasteiger partial charge < -0.3 is 0 Å². The summed E-state index contributed by atoms with van der Waals surface area (Å²) in [6, 6.07) is 11.0. The maximum Gasteiger partial charge on any atom is 0.132 e. The van der Waals surface area contributed by atoms with Crippen molar-refractivity contribution in [2.45, 2.75) is 104 Å². The monoisotopic (exact) mass is 360 g/mol. The van der Waals surface area contributed by atoms with Gasteiger partial charge in [-0.2, -0.15) is 0 Å². The summed E-state index contributed by atoms with van der Waals surface area (Å²) in [4.78, 5) is 0. The van der Waals surface area contributed by atoms with Crippen molar-refractivity contribution >= 4 is 5.69 Å². The first-order valence-corrected chi connectivity index (χ1v) is 11.6. The molecule has 1 unspecified atom stereocenters. The van der Waals surface area contributed by atoms with Gasteiger partial charge in [0.2, 0.25) is 0 Å². The van der Waals surface area contributed by atoms with Crippen molar-refractivity contribution in [2.75, 3.05) is 20.1 Å². The molecule has 0 aliphatic rings. The Morgan fingerprint density at radius 2 is 1.00 bits per heavy atom. The smallest absolute Gasteiger partial charge is 0.132 e. The minimum absolute atomic E-state index is 1.08. The molecule has 1 aromatic rings. The third-order valence-corrected chi connectivity index (χ3v) is 6.08. The average molecular weight is 361 g/mol. The Morgan fingerprint density at radius 3 is 1.42 bits per heavy atom.